The second kappa shape index (κ2) is 5.38. The summed E-state index contributed by atoms with van der Waals surface area (Å²) in [5.74, 6) is -0.382. The average Bonchev–Trinajstić information content (AvgIpc) is 2.78. The summed E-state index contributed by atoms with van der Waals surface area (Å²) in [5.41, 5.74) is 7.68. The Morgan fingerprint density at radius 3 is 3.00 bits per heavy atom. The van der Waals surface area contributed by atoms with E-state index in [0.717, 1.165) is 9.26 Å². The molecule has 6 heteroatoms. The van der Waals surface area contributed by atoms with E-state index in [9.17, 15) is 4.79 Å². The SMILES string of the molecule is CCOC(=O)c1cnn(-c2ccc(I)cc2N)c1. The lowest BCUT2D eigenvalue weighted by Gasteiger charge is -2.05. The Balaban J connectivity index is 2.32. The molecule has 0 bridgehead atoms. The number of nitrogen functional groups attached to an aromatic ring is 1. The van der Waals surface area contributed by atoms with Crippen LogP contribution < -0.4 is 5.73 Å². The first-order chi connectivity index (χ1) is 8.61. The second-order valence-corrected chi connectivity index (χ2v) is 4.84. The molecule has 0 radical (unpaired) electrons. The first-order valence-corrected chi connectivity index (χ1v) is 6.47. The maximum atomic E-state index is 11.5. The van der Waals surface area contributed by atoms with E-state index in [-0.39, 0.29) is 5.97 Å². The molecule has 1 aromatic carbocycles. The number of anilines is 1. The number of hydrogen-bond donors (Lipinski definition) is 1. The molecule has 94 valence electrons. The number of ether oxygens (including phenoxy) is 1. The van der Waals surface area contributed by atoms with Gasteiger partial charge in [0.1, 0.15) is 0 Å². The van der Waals surface area contributed by atoms with E-state index in [1.165, 1.54) is 6.20 Å². The minimum Gasteiger partial charge on any atom is -0.462 e. The van der Waals surface area contributed by atoms with Gasteiger partial charge in [-0.3, -0.25) is 0 Å². The molecule has 0 aliphatic carbocycles. The summed E-state index contributed by atoms with van der Waals surface area (Å²) in [7, 11) is 0. The van der Waals surface area contributed by atoms with Crippen molar-refractivity contribution in [3.8, 4) is 5.69 Å². The monoisotopic (exact) mass is 357 g/mol. The fraction of sp³-hybridized carbons (Fsp3) is 0.167. The molecular weight excluding hydrogens is 345 g/mol. The van der Waals surface area contributed by atoms with Crippen molar-refractivity contribution in [2.45, 2.75) is 6.92 Å². The third-order valence-electron chi connectivity index (χ3n) is 2.33. The quantitative estimate of drug-likeness (QED) is 0.520. The van der Waals surface area contributed by atoms with Crippen LogP contribution in [0.4, 0.5) is 5.69 Å². The Kier molecular flexibility index (Phi) is 3.85. The lowest BCUT2D eigenvalue weighted by atomic mass is 10.3. The molecule has 0 saturated heterocycles. The van der Waals surface area contributed by atoms with Gasteiger partial charge in [0.25, 0.3) is 0 Å². The fourth-order valence-corrected chi connectivity index (χ4v) is 2.02. The number of halogens is 1. The first kappa shape index (κ1) is 12.9. The number of rotatable bonds is 3. The lowest BCUT2D eigenvalue weighted by Crippen LogP contribution is -2.03. The number of carbonyl (C=O) groups is 1. The van der Waals surface area contributed by atoms with Crippen molar-refractivity contribution in [3.05, 3.63) is 39.7 Å². The minimum atomic E-state index is -0.382. The number of nitrogens with zero attached hydrogens (tertiary/aromatic N) is 2. The lowest BCUT2D eigenvalue weighted by molar-refractivity contribution is 0.0526. The number of esters is 1. The number of nitrogens with two attached hydrogens (primary N) is 1. The van der Waals surface area contributed by atoms with E-state index >= 15 is 0 Å². The number of benzene rings is 1. The molecule has 5 nitrogen and oxygen atoms in total. The van der Waals surface area contributed by atoms with Gasteiger partial charge in [-0.15, -0.1) is 0 Å². The summed E-state index contributed by atoms with van der Waals surface area (Å²) < 4.78 is 7.52. The van der Waals surface area contributed by atoms with E-state index in [1.807, 2.05) is 18.2 Å². The van der Waals surface area contributed by atoms with Crippen LogP contribution in [-0.2, 0) is 4.74 Å². The summed E-state index contributed by atoms with van der Waals surface area (Å²) in [6.45, 7) is 2.11. The van der Waals surface area contributed by atoms with Gasteiger partial charge in [0.2, 0.25) is 0 Å². The average molecular weight is 357 g/mol. The van der Waals surface area contributed by atoms with Crippen molar-refractivity contribution < 1.29 is 9.53 Å². The van der Waals surface area contributed by atoms with Gasteiger partial charge in [0.05, 0.1) is 29.7 Å². The zero-order valence-electron chi connectivity index (χ0n) is 9.76. The van der Waals surface area contributed by atoms with E-state index in [2.05, 4.69) is 27.7 Å². The van der Waals surface area contributed by atoms with Crippen molar-refractivity contribution >= 4 is 34.2 Å². The van der Waals surface area contributed by atoms with Gasteiger partial charge < -0.3 is 10.5 Å². The van der Waals surface area contributed by atoms with Gasteiger partial charge in [0, 0.05) is 9.77 Å². The van der Waals surface area contributed by atoms with Crippen LogP contribution in [-0.4, -0.2) is 22.4 Å². The Hall–Kier alpha value is -1.57. The Labute approximate surface area is 118 Å². The number of aromatic nitrogens is 2. The van der Waals surface area contributed by atoms with Gasteiger partial charge in [-0.1, -0.05) is 0 Å². The van der Waals surface area contributed by atoms with Gasteiger partial charge >= 0.3 is 5.97 Å². The van der Waals surface area contributed by atoms with Crippen molar-refractivity contribution in [2.24, 2.45) is 0 Å². The number of carbonyl (C=O) groups excluding carboxylic acids is 1. The van der Waals surface area contributed by atoms with E-state index in [1.54, 1.807) is 17.8 Å². The Morgan fingerprint density at radius 2 is 2.33 bits per heavy atom. The molecule has 18 heavy (non-hydrogen) atoms. The predicted octanol–water partition coefficient (Wildman–Crippen LogP) is 2.24. The number of hydrogen-bond acceptors (Lipinski definition) is 4. The molecule has 0 unspecified atom stereocenters. The van der Waals surface area contributed by atoms with E-state index < -0.39 is 0 Å². The molecule has 0 saturated carbocycles. The highest BCUT2D eigenvalue weighted by Gasteiger charge is 2.11. The molecule has 1 aromatic heterocycles. The molecule has 2 aromatic rings. The maximum absolute atomic E-state index is 11.5. The van der Waals surface area contributed by atoms with E-state index in [0.29, 0.717) is 17.9 Å². The maximum Gasteiger partial charge on any atom is 0.341 e. The Morgan fingerprint density at radius 1 is 1.56 bits per heavy atom. The smallest absolute Gasteiger partial charge is 0.341 e. The van der Waals surface area contributed by atoms with Crippen LogP contribution in [0.1, 0.15) is 17.3 Å². The standard InChI is InChI=1S/C12H12IN3O2/c1-2-18-12(17)8-6-15-16(7-8)11-4-3-9(13)5-10(11)14/h3-7H,2,14H2,1H3. The molecule has 2 N–H and O–H groups in total. The fourth-order valence-electron chi connectivity index (χ4n) is 1.51. The first-order valence-electron chi connectivity index (χ1n) is 5.39. The molecule has 0 amide bonds. The molecule has 0 spiro atoms. The largest absolute Gasteiger partial charge is 0.462 e. The molecule has 0 fully saturated rings. The molecule has 0 aliphatic rings. The highest BCUT2D eigenvalue weighted by Crippen LogP contribution is 2.19. The van der Waals surface area contributed by atoms with Gasteiger partial charge in [0.15, 0.2) is 0 Å². The van der Waals surface area contributed by atoms with Crippen molar-refractivity contribution in [1.29, 1.82) is 0 Å². The van der Waals surface area contributed by atoms with Crippen LogP contribution in [0.5, 0.6) is 0 Å². The molecular formula is C12H12IN3O2. The van der Waals surface area contributed by atoms with E-state index in [4.69, 9.17) is 10.5 Å². The highest BCUT2D eigenvalue weighted by molar-refractivity contribution is 14.1. The predicted molar refractivity (Wildman–Crippen MR) is 76.6 cm³/mol. The third-order valence-corrected chi connectivity index (χ3v) is 3.00. The highest BCUT2D eigenvalue weighted by atomic mass is 127. The summed E-state index contributed by atoms with van der Waals surface area (Å²) >= 11 is 2.18. The zero-order chi connectivity index (χ0) is 13.1. The van der Waals surface area contributed by atoms with Crippen LogP contribution in [0.15, 0.2) is 30.6 Å². The van der Waals surface area contributed by atoms with Crippen LogP contribution in [0, 0.1) is 3.57 Å². The summed E-state index contributed by atoms with van der Waals surface area (Å²) in [6.07, 6.45) is 3.08. The topological polar surface area (TPSA) is 70.1 Å². The molecule has 2 rings (SSSR count). The van der Waals surface area contributed by atoms with Crippen molar-refractivity contribution in [1.82, 2.24) is 9.78 Å². The molecule has 0 aliphatic heterocycles. The summed E-state index contributed by atoms with van der Waals surface area (Å²) in [4.78, 5) is 11.5. The summed E-state index contributed by atoms with van der Waals surface area (Å²) in [5, 5.41) is 4.11. The third kappa shape index (κ3) is 2.63. The second-order valence-electron chi connectivity index (χ2n) is 3.60. The van der Waals surface area contributed by atoms with Crippen LogP contribution in [0.25, 0.3) is 5.69 Å². The van der Waals surface area contributed by atoms with Crippen LogP contribution in [0.3, 0.4) is 0 Å². The zero-order valence-corrected chi connectivity index (χ0v) is 11.9. The van der Waals surface area contributed by atoms with Gasteiger partial charge in [-0.05, 0) is 47.7 Å². The van der Waals surface area contributed by atoms with Crippen LogP contribution >= 0.6 is 22.6 Å². The normalized spacial score (nSPS) is 10.3. The van der Waals surface area contributed by atoms with Crippen LogP contribution in [0.2, 0.25) is 0 Å². The van der Waals surface area contributed by atoms with Crippen molar-refractivity contribution in [2.75, 3.05) is 12.3 Å². The minimum absolute atomic E-state index is 0.343. The van der Waals surface area contributed by atoms with Gasteiger partial charge in [-0.2, -0.15) is 5.10 Å². The summed E-state index contributed by atoms with van der Waals surface area (Å²) in [6, 6.07) is 5.64. The van der Waals surface area contributed by atoms with Crippen molar-refractivity contribution in [3.63, 3.8) is 0 Å². The molecule has 0 atom stereocenters. The Bertz CT molecular complexity index is 580. The molecule has 1 heterocycles. The van der Waals surface area contributed by atoms with Gasteiger partial charge in [-0.25, -0.2) is 9.48 Å².